The Labute approximate surface area is 113 Å². The first-order valence-corrected chi connectivity index (χ1v) is 6.90. The van der Waals surface area contributed by atoms with Crippen LogP contribution in [0.3, 0.4) is 0 Å². The number of likely N-dealkylation sites (tertiary alicyclic amines) is 1. The van der Waals surface area contributed by atoms with E-state index in [-0.39, 0.29) is 17.8 Å². The average molecular weight is 264 g/mol. The molecule has 1 aliphatic heterocycles. The van der Waals surface area contributed by atoms with Gasteiger partial charge in [0.2, 0.25) is 0 Å². The van der Waals surface area contributed by atoms with Gasteiger partial charge in [-0.25, -0.2) is 4.39 Å². The quantitative estimate of drug-likeness (QED) is 0.908. The second-order valence-electron chi connectivity index (χ2n) is 5.24. The molecule has 2 rings (SSSR count). The highest BCUT2D eigenvalue weighted by Crippen LogP contribution is 2.24. The Morgan fingerprint density at radius 2 is 2.26 bits per heavy atom. The second kappa shape index (κ2) is 6.15. The third-order valence-electron chi connectivity index (χ3n) is 3.67. The van der Waals surface area contributed by atoms with E-state index in [4.69, 9.17) is 5.73 Å². The smallest absolute Gasteiger partial charge is 0.254 e. The maximum absolute atomic E-state index is 13.4. The lowest BCUT2D eigenvalue weighted by Gasteiger charge is -2.25. The van der Waals surface area contributed by atoms with Gasteiger partial charge in [0, 0.05) is 18.2 Å². The lowest BCUT2D eigenvalue weighted by Crippen LogP contribution is -2.35. The Balaban J connectivity index is 2.13. The van der Waals surface area contributed by atoms with Crippen LogP contribution in [0, 0.1) is 12.7 Å². The van der Waals surface area contributed by atoms with Crippen LogP contribution in [0.15, 0.2) is 18.2 Å². The summed E-state index contributed by atoms with van der Waals surface area (Å²) >= 11 is 0. The van der Waals surface area contributed by atoms with E-state index in [1.807, 2.05) is 4.90 Å². The Hall–Kier alpha value is -1.42. The molecular formula is C15H21FN2O. The van der Waals surface area contributed by atoms with Crippen molar-refractivity contribution in [1.29, 1.82) is 0 Å². The number of carbonyl (C=O) groups is 1. The highest BCUT2D eigenvalue weighted by molar-refractivity contribution is 5.94. The van der Waals surface area contributed by atoms with Crippen molar-refractivity contribution < 1.29 is 9.18 Å². The average Bonchev–Trinajstić information content (AvgIpc) is 2.82. The van der Waals surface area contributed by atoms with Gasteiger partial charge in [-0.15, -0.1) is 0 Å². The summed E-state index contributed by atoms with van der Waals surface area (Å²) in [6.45, 7) is 3.22. The molecule has 104 valence electrons. The molecule has 0 spiro atoms. The number of nitrogens with zero attached hydrogens (tertiary/aromatic N) is 1. The molecule has 1 aromatic rings. The van der Waals surface area contributed by atoms with Crippen LogP contribution in [-0.4, -0.2) is 29.9 Å². The Kier molecular flexibility index (Phi) is 4.53. The number of hydrogen-bond acceptors (Lipinski definition) is 2. The van der Waals surface area contributed by atoms with Gasteiger partial charge in [0.25, 0.3) is 5.91 Å². The third-order valence-corrected chi connectivity index (χ3v) is 3.67. The van der Waals surface area contributed by atoms with Gasteiger partial charge in [-0.05, 0) is 62.9 Å². The number of rotatable bonds is 4. The predicted molar refractivity (Wildman–Crippen MR) is 73.5 cm³/mol. The molecule has 1 atom stereocenters. The van der Waals surface area contributed by atoms with Crippen LogP contribution in [0.25, 0.3) is 0 Å². The Morgan fingerprint density at radius 1 is 1.47 bits per heavy atom. The number of hydrogen-bond donors (Lipinski definition) is 1. The van der Waals surface area contributed by atoms with E-state index in [0.29, 0.717) is 12.1 Å². The number of nitrogens with two attached hydrogens (primary N) is 1. The molecule has 1 saturated heterocycles. The molecule has 1 fully saturated rings. The van der Waals surface area contributed by atoms with Crippen LogP contribution in [0.2, 0.25) is 0 Å². The van der Waals surface area contributed by atoms with Crippen molar-refractivity contribution in [3.63, 3.8) is 0 Å². The maximum Gasteiger partial charge on any atom is 0.254 e. The molecule has 4 heteroatoms. The van der Waals surface area contributed by atoms with E-state index in [2.05, 4.69) is 0 Å². The summed E-state index contributed by atoms with van der Waals surface area (Å²) in [5.74, 6) is -0.400. The van der Waals surface area contributed by atoms with Gasteiger partial charge in [0.05, 0.1) is 0 Å². The van der Waals surface area contributed by atoms with Gasteiger partial charge in [-0.2, -0.15) is 0 Å². The first-order chi connectivity index (χ1) is 9.11. The summed E-state index contributed by atoms with van der Waals surface area (Å²) < 4.78 is 13.4. The molecule has 0 aromatic heterocycles. The summed E-state index contributed by atoms with van der Waals surface area (Å²) in [4.78, 5) is 14.3. The van der Waals surface area contributed by atoms with Crippen LogP contribution in [0.5, 0.6) is 0 Å². The maximum atomic E-state index is 13.4. The molecule has 1 aromatic carbocycles. The van der Waals surface area contributed by atoms with Gasteiger partial charge in [-0.1, -0.05) is 0 Å². The minimum atomic E-state index is -0.346. The summed E-state index contributed by atoms with van der Waals surface area (Å²) in [6, 6.07) is 4.78. The van der Waals surface area contributed by atoms with Crippen molar-refractivity contribution in [2.45, 2.75) is 38.6 Å². The summed E-state index contributed by atoms with van der Waals surface area (Å²) in [6.07, 6.45) is 3.92. The Bertz CT molecular complexity index is 441. The molecule has 3 nitrogen and oxygen atoms in total. The standard InChI is InChI=1S/C15H21FN2O/c1-11-8-12(10-13(16)9-11)15(19)18-7-3-5-14(18)4-2-6-17/h8-10,14H,2-7,17H2,1H3. The summed E-state index contributed by atoms with van der Waals surface area (Å²) in [7, 11) is 0. The molecule has 1 unspecified atom stereocenters. The van der Waals surface area contributed by atoms with Crippen molar-refractivity contribution >= 4 is 5.91 Å². The predicted octanol–water partition coefficient (Wildman–Crippen LogP) is 2.48. The summed E-state index contributed by atoms with van der Waals surface area (Å²) in [5, 5.41) is 0. The molecule has 0 bridgehead atoms. The molecule has 1 amide bonds. The van der Waals surface area contributed by atoms with Crippen molar-refractivity contribution in [2.75, 3.05) is 13.1 Å². The first-order valence-electron chi connectivity index (χ1n) is 6.90. The van der Waals surface area contributed by atoms with Crippen LogP contribution in [0.4, 0.5) is 4.39 Å². The lowest BCUT2D eigenvalue weighted by atomic mass is 10.1. The van der Waals surface area contributed by atoms with Gasteiger partial charge in [0.1, 0.15) is 5.82 Å². The molecule has 0 aliphatic carbocycles. The molecule has 19 heavy (non-hydrogen) atoms. The minimum absolute atomic E-state index is 0.0536. The van der Waals surface area contributed by atoms with E-state index >= 15 is 0 Å². The Morgan fingerprint density at radius 3 is 2.95 bits per heavy atom. The van der Waals surface area contributed by atoms with E-state index in [1.54, 1.807) is 13.0 Å². The van der Waals surface area contributed by atoms with Crippen molar-refractivity contribution in [3.8, 4) is 0 Å². The van der Waals surface area contributed by atoms with Gasteiger partial charge < -0.3 is 10.6 Å². The van der Waals surface area contributed by atoms with Gasteiger partial charge in [0.15, 0.2) is 0 Å². The van der Waals surface area contributed by atoms with Crippen molar-refractivity contribution in [3.05, 3.63) is 35.1 Å². The molecule has 1 heterocycles. The minimum Gasteiger partial charge on any atom is -0.336 e. The third kappa shape index (κ3) is 3.32. The lowest BCUT2D eigenvalue weighted by molar-refractivity contribution is 0.0729. The van der Waals surface area contributed by atoms with Gasteiger partial charge in [-0.3, -0.25) is 4.79 Å². The van der Waals surface area contributed by atoms with Crippen molar-refractivity contribution in [1.82, 2.24) is 4.90 Å². The fraction of sp³-hybridized carbons (Fsp3) is 0.533. The molecule has 2 N–H and O–H groups in total. The largest absolute Gasteiger partial charge is 0.336 e. The number of aryl methyl sites for hydroxylation is 1. The number of halogens is 1. The van der Waals surface area contributed by atoms with Gasteiger partial charge >= 0.3 is 0 Å². The molecule has 0 radical (unpaired) electrons. The highest BCUT2D eigenvalue weighted by Gasteiger charge is 2.29. The number of carbonyl (C=O) groups excluding carboxylic acids is 1. The van der Waals surface area contributed by atoms with Crippen molar-refractivity contribution in [2.24, 2.45) is 5.73 Å². The second-order valence-corrected chi connectivity index (χ2v) is 5.24. The van der Waals surface area contributed by atoms with Crippen LogP contribution < -0.4 is 5.73 Å². The fourth-order valence-corrected chi connectivity index (χ4v) is 2.78. The van der Waals surface area contributed by atoms with E-state index in [9.17, 15) is 9.18 Å². The number of amides is 1. The van der Waals surface area contributed by atoms with Crippen LogP contribution in [-0.2, 0) is 0 Å². The fourth-order valence-electron chi connectivity index (χ4n) is 2.78. The SMILES string of the molecule is Cc1cc(F)cc(C(=O)N2CCCC2CCCN)c1. The number of benzene rings is 1. The molecule has 0 saturated carbocycles. The monoisotopic (exact) mass is 264 g/mol. The van der Waals surface area contributed by atoms with Crippen LogP contribution in [0.1, 0.15) is 41.6 Å². The zero-order valence-corrected chi connectivity index (χ0v) is 11.4. The van der Waals surface area contributed by atoms with E-state index in [0.717, 1.165) is 37.8 Å². The zero-order chi connectivity index (χ0) is 13.8. The van der Waals surface area contributed by atoms with E-state index < -0.39 is 0 Å². The first kappa shape index (κ1) is 14.0. The highest BCUT2D eigenvalue weighted by atomic mass is 19.1. The molecular weight excluding hydrogens is 243 g/mol. The zero-order valence-electron chi connectivity index (χ0n) is 11.4. The topological polar surface area (TPSA) is 46.3 Å². The van der Waals surface area contributed by atoms with Crippen LogP contribution >= 0.6 is 0 Å². The summed E-state index contributed by atoms with van der Waals surface area (Å²) in [5.41, 5.74) is 6.76. The molecule has 1 aliphatic rings. The normalized spacial score (nSPS) is 18.9. The van der Waals surface area contributed by atoms with E-state index in [1.165, 1.54) is 12.1 Å².